The Morgan fingerprint density at radius 2 is 1.27 bits per heavy atom. The second-order valence-electron chi connectivity index (χ2n) is 10.5. The molecule has 1 aliphatic rings. The number of H-pyrrole nitrogens is 1. The first-order chi connectivity index (χ1) is 23.4. The number of benzene rings is 5. The molecule has 236 valence electrons. The summed E-state index contributed by atoms with van der Waals surface area (Å²) in [5.41, 5.74) is 3.04. The number of carbonyl (C=O) groups excluding carboxylic acids is 3. The van der Waals surface area contributed by atoms with E-state index in [1.807, 2.05) is 48.5 Å². The zero-order valence-electron chi connectivity index (χ0n) is 25.3. The van der Waals surface area contributed by atoms with E-state index in [2.05, 4.69) is 4.98 Å². The van der Waals surface area contributed by atoms with Crippen LogP contribution in [-0.2, 0) is 0 Å². The van der Waals surface area contributed by atoms with Crippen molar-refractivity contribution >= 4 is 35.1 Å². The lowest BCUT2D eigenvalue weighted by atomic mass is 10.0. The van der Waals surface area contributed by atoms with Gasteiger partial charge in [0.2, 0.25) is 5.78 Å². The van der Waals surface area contributed by atoms with Crippen LogP contribution in [-0.4, -0.2) is 30.2 Å². The average Bonchev–Trinajstić information content (AvgIpc) is 3.62. The Kier molecular flexibility index (Phi) is 8.03. The van der Waals surface area contributed by atoms with Gasteiger partial charge in [0.05, 0.1) is 12.8 Å². The topological polar surface area (TPSA) is 122 Å². The van der Waals surface area contributed by atoms with E-state index >= 15 is 0 Å². The monoisotopic (exact) mass is 639 g/mol. The van der Waals surface area contributed by atoms with E-state index in [-0.39, 0.29) is 40.1 Å². The third-order valence-electron chi connectivity index (χ3n) is 7.38. The Morgan fingerprint density at radius 1 is 0.667 bits per heavy atom. The van der Waals surface area contributed by atoms with Gasteiger partial charge >= 0.3 is 12.3 Å². The highest BCUT2D eigenvalue weighted by atomic mass is 16.7. The number of methoxy groups -OCH3 is 1. The van der Waals surface area contributed by atoms with Crippen molar-refractivity contribution in [3.8, 4) is 45.8 Å². The Morgan fingerprint density at radius 3 is 1.92 bits per heavy atom. The van der Waals surface area contributed by atoms with Crippen molar-refractivity contribution in [3.63, 3.8) is 0 Å². The molecule has 48 heavy (non-hydrogen) atoms. The van der Waals surface area contributed by atoms with E-state index in [1.54, 1.807) is 73.8 Å². The molecule has 0 fully saturated rings. The zero-order chi connectivity index (χ0) is 33.0. The smallest absolute Gasteiger partial charge is 0.497 e. The van der Waals surface area contributed by atoms with Crippen LogP contribution < -0.4 is 28.4 Å². The molecule has 0 amide bonds. The van der Waals surface area contributed by atoms with E-state index in [9.17, 15) is 14.4 Å². The largest absolute Gasteiger partial charge is 0.519 e. The number of aromatic amines is 1. The minimum atomic E-state index is -1.12. The van der Waals surface area contributed by atoms with Gasteiger partial charge < -0.3 is 33.4 Å². The second kappa shape index (κ2) is 12.9. The van der Waals surface area contributed by atoms with Crippen LogP contribution in [0.2, 0.25) is 0 Å². The van der Waals surface area contributed by atoms with Gasteiger partial charge in [0.15, 0.2) is 11.5 Å². The first kappa shape index (κ1) is 29.9. The fourth-order valence-electron chi connectivity index (χ4n) is 5.22. The highest BCUT2D eigenvalue weighted by molar-refractivity contribution is 6.17. The van der Waals surface area contributed by atoms with Gasteiger partial charge in [0.1, 0.15) is 34.3 Å². The molecule has 0 saturated heterocycles. The van der Waals surface area contributed by atoms with Gasteiger partial charge in [-0.3, -0.25) is 4.79 Å². The number of hydrogen-bond acceptors (Lipinski definition) is 9. The molecule has 0 bridgehead atoms. The van der Waals surface area contributed by atoms with Gasteiger partial charge in [0.25, 0.3) is 0 Å². The van der Waals surface area contributed by atoms with E-state index in [1.165, 1.54) is 12.1 Å². The number of Topliss-reactive ketones (excluding diaryl/α,β-unsaturated/α-hetero) is 1. The van der Waals surface area contributed by atoms with Crippen LogP contribution in [0.15, 0.2) is 127 Å². The molecule has 10 nitrogen and oxygen atoms in total. The molecule has 0 spiro atoms. The predicted octanol–water partition coefficient (Wildman–Crippen LogP) is 8.62. The summed E-state index contributed by atoms with van der Waals surface area (Å²) in [5, 5.41) is 0.781. The average molecular weight is 640 g/mol. The molecule has 10 heteroatoms. The molecule has 0 atom stereocenters. The van der Waals surface area contributed by atoms with Gasteiger partial charge in [-0.05, 0) is 54.1 Å². The molecular weight excluding hydrogens is 614 g/mol. The molecular formula is C38H25NO9. The van der Waals surface area contributed by atoms with Crippen molar-refractivity contribution in [1.29, 1.82) is 0 Å². The van der Waals surface area contributed by atoms with Gasteiger partial charge in [-0.2, -0.15) is 0 Å². The van der Waals surface area contributed by atoms with Gasteiger partial charge in [-0.25, -0.2) is 9.59 Å². The molecule has 5 aromatic carbocycles. The summed E-state index contributed by atoms with van der Waals surface area (Å²) in [6.45, 7) is 0. The Labute approximate surface area is 273 Å². The SMILES string of the molecule is COc1ccc2[nH]c(-c3ccccc3)c(/C=C3/Oc4cc(OC(=O)Oc5ccccc5)cc(OC(=O)Oc5ccccc5)c4C3=O)c2c1. The number of para-hydroxylation sites is 2. The quantitative estimate of drug-likeness (QED) is 0.104. The number of carbonyl (C=O) groups is 3. The van der Waals surface area contributed by atoms with Crippen molar-refractivity contribution in [2.24, 2.45) is 0 Å². The number of ether oxygens (including phenoxy) is 6. The minimum Gasteiger partial charge on any atom is -0.497 e. The summed E-state index contributed by atoms with van der Waals surface area (Å²) in [4.78, 5) is 42.9. The number of fused-ring (bicyclic) bond motifs is 2. The Balaban J connectivity index is 1.27. The fraction of sp³-hybridized carbons (Fsp3) is 0.0263. The van der Waals surface area contributed by atoms with E-state index in [0.717, 1.165) is 22.2 Å². The normalized spacial score (nSPS) is 12.7. The molecule has 1 aliphatic heterocycles. The second-order valence-corrected chi connectivity index (χ2v) is 10.5. The maximum absolute atomic E-state index is 14.0. The third kappa shape index (κ3) is 6.18. The van der Waals surface area contributed by atoms with Crippen LogP contribution >= 0.6 is 0 Å². The van der Waals surface area contributed by atoms with Crippen LogP contribution in [0.1, 0.15) is 15.9 Å². The standard InChI is InChI=1S/C38H25NO9/c1-43-26-17-18-30-28(19-26)29(35(39-30)23-11-5-2-6-12-23)22-33-36(40)34-31(47-33)20-27(46-37(41)44-24-13-7-3-8-14-24)21-32(34)48-38(42)45-25-15-9-4-10-16-25/h2-22,39H,1H3/b33-22+. The Bertz CT molecular complexity index is 2190. The van der Waals surface area contributed by atoms with Crippen LogP contribution in [0, 0.1) is 0 Å². The molecule has 1 N–H and O–H groups in total. The minimum absolute atomic E-state index is 0.00236. The molecule has 6 aromatic rings. The summed E-state index contributed by atoms with van der Waals surface area (Å²) < 4.78 is 33.0. The lowest BCUT2D eigenvalue weighted by Crippen LogP contribution is -2.16. The maximum atomic E-state index is 14.0. The molecule has 7 rings (SSSR count). The number of rotatable bonds is 7. The molecule has 1 aromatic heterocycles. The highest BCUT2D eigenvalue weighted by Crippen LogP contribution is 2.43. The molecule has 0 radical (unpaired) electrons. The maximum Gasteiger partial charge on any atom is 0.519 e. The fourth-order valence-corrected chi connectivity index (χ4v) is 5.22. The van der Waals surface area contributed by atoms with Crippen LogP contribution in [0.3, 0.4) is 0 Å². The molecule has 0 aliphatic carbocycles. The first-order valence-corrected chi connectivity index (χ1v) is 14.7. The molecule has 0 unspecified atom stereocenters. The van der Waals surface area contributed by atoms with Gasteiger partial charge in [-0.1, -0.05) is 66.7 Å². The van der Waals surface area contributed by atoms with Gasteiger partial charge in [0, 0.05) is 28.6 Å². The predicted molar refractivity (Wildman–Crippen MR) is 176 cm³/mol. The number of nitrogens with one attached hydrogen (secondary N) is 1. The molecule has 0 saturated carbocycles. The Hall–Kier alpha value is -6.81. The van der Waals surface area contributed by atoms with Crippen molar-refractivity contribution in [3.05, 3.63) is 138 Å². The summed E-state index contributed by atoms with van der Waals surface area (Å²) in [5.74, 6) is 0.133. The number of aromatic nitrogens is 1. The summed E-state index contributed by atoms with van der Waals surface area (Å²) in [6, 6.07) is 34.4. The van der Waals surface area contributed by atoms with E-state index in [4.69, 9.17) is 28.4 Å². The summed E-state index contributed by atoms with van der Waals surface area (Å²) >= 11 is 0. The number of allylic oxidation sites excluding steroid dienone is 1. The van der Waals surface area contributed by atoms with Crippen LogP contribution in [0.25, 0.3) is 28.2 Å². The van der Waals surface area contributed by atoms with E-state index < -0.39 is 18.1 Å². The summed E-state index contributed by atoms with van der Waals surface area (Å²) in [7, 11) is 1.57. The van der Waals surface area contributed by atoms with Crippen molar-refractivity contribution < 1.29 is 42.8 Å². The van der Waals surface area contributed by atoms with E-state index in [0.29, 0.717) is 11.3 Å². The van der Waals surface area contributed by atoms with Crippen LogP contribution in [0.4, 0.5) is 9.59 Å². The van der Waals surface area contributed by atoms with Crippen molar-refractivity contribution in [2.45, 2.75) is 0 Å². The molecule has 2 heterocycles. The first-order valence-electron chi connectivity index (χ1n) is 14.7. The van der Waals surface area contributed by atoms with Crippen molar-refractivity contribution in [1.82, 2.24) is 4.98 Å². The summed E-state index contributed by atoms with van der Waals surface area (Å²) in [6.07, 6.45) is -0.564. The number of ketones is 1. The lowest BCUT2D eigenvalue weighted by molar-refractivity contribution is 0.101. The third-order valence-corrected chi connectivity index (χ3v) is 7.38. The highest BCUT2D eigenvalue weighted by Gasteiger charge is 2.34. The number of hydrogen-bond donors (Lipinski definition) is 1. The zero-order valence-corrected chi connectivity index (χ0v) is 25.3. The van der Waals surface area contributed by atoms with Crippen LogP contribution in [0.5, 0.6) is 34.5 Å². The lowest BCUT2D eigenvalue weighted by Gasteiger charge is -2.10. The van der Waals surface area contributed by atoms with Crippen molar-refractivity contribution in [2.75, 3.05) is 7.11 Å². The van der Waals surface area contributed by atoms with Gasteiger partial charge in [-0.15, -0.1) is 0 Å².